The third-order valence-corrected chi connectivity index (χ3v) is 8.93. The van der Waals surface area contributed by atoms with Crippen molar-refractivity contribution in [3.8, 4) is 11.3 Å². The maximum atomic E-state index is 11.4. The van der Waals surface area contributed by atoms with Crippen LogP contribution in [0.2, 0.25) is 0 Å². The molecule has 1 saturated heterocycles. The number of esters is 3. The van der Waals surface area contributed by atoms with E-state index >= 15 is 0 Å². The van der Waals surface area contributed by atoms with Crippen molar-refractivity contribution in [1.29, 1.82) is 0 Å². The van der Waals surface area contributed by atoms with Crippen molar-refractivity contribution in [2.75, 3.05) is 32.8 Å². The van der Waals surface area contributed by atoms with Crippen molar-refractivity contribution in [2.24, 2.45) is 4.30 Å². The van der Waals surface area contributed by atoms with Crippen LogP contribution in [0, 0.1) is 20.8 Å². The number of carbonyl (C=O) groups excluding carboxylic acids is 3. The van der Waals surface area contributed by atoms with Crippen LogP contribution >= 0.6 is 28.7 Å². The molecule has 3 aromatic heterocycles. The molecule has 1 aliphatic rings. The molecule has 4 N–H and O–H groups in total. The monoisotopic (exact) mass is 866 g/mol. The molecule has 0 aliphatic carbocycles. The molecule has 18 heteroatoms. The molecule has 0 bridgehead atoms. The molecule has 4 heterocycles. The number of methoxy groups -OCH3 is 3. The average molecular weight is 867 g/mol. The van der Waals surface area contributed by atoms with Crippen LogP contribution in [-0.2, 0) is 23.5 Å². The van der Waals surface area contributed by atoms with Crippen LogP contribution in [-0.4, -0.2) is 65.2 Å². The molecule has 6 rings (SSSR count). The number of benzene rings is 2. The topological polar surface area (TPSA) is 201 Å². The van der Waals surface area contributed by atoms with Gasteiger partial charge in [-0.2, -0.15) is 0 Å². The first-order chi connectivity index (χ1) is 26.7. The van der Waals surface area contributed by atoms with Crippen molar-refractivity contribution in [3.63, 3.8) is 0 Å². The van der Waals surface area contributed by atoms with Crippen molar-refractivity contribution < 1.29 is 51.2 Å². The zero-order chi connectivity index (χ0) is 43.1. The molecule has 0 spiro atoms. The van der Waals surface area contributed by atoms with E-state index in [-0.39, 0.29) is 30.3 Å². The molecule has 303 valence electrons. The Balaban J connectivity index is 0.000000262. The van der Waals surface area contributed by atoms with Crippen LogP contribution in [0.15, 0.2) is 95.2 Å². The van der Waals surface area contributed by atoms with Gasteiger partial charge >= 0.3 is 49.8 Å². The molecule has 0 atom stereocenters. The minimum atomic E-state index is -0.395. The van der Waals surface area contributed by atoms with Gasteiger partial charge < -0.3 is 48.2 Å². The number of aryl methyl sites for hydroxylation is 3. The number of anilines is 2. The Morgan fingerprint density at radius 3 is 1.53 bits per heavy atom. The summed E-state index contributed by atoms with van der Waals surface area (Å²) in [5, 5.41) is 0. The van der Waals surface area contributed by atoms with E-state index < -0.39 is 5.97 Å². The van der Waals surface area contributed by atoms with Crippen molar-refractivity contribution in [3.05, 3.63) is 112 Å². The first-order valence-electron chi connectivity index (χ1n) is 17.0. The fourth-order valence-corrected chi connectivity index (χ4v) is 5.15. The predicted molar refractivity (Wildman–Crippen MR) is 226 cm³/mol. The van der Waals surface area contributed by atoms with Crippen molar-refractivity contribution in [1.82, 2.24) is 0 Å². The molecule has 1 aliphatic heterocycles. The number of nitrogen functional groups attached to an aromatic ring is 2. The Morgan fingerprint density at radius 1 is 0.702 bits per heavy atom. The fraction of sp³-hybridized carbons (Fsp3) is 0.308. The second kappa shape index (κ2) is 22.1. The Kier molecular flexibility index (Phi) is 18.6. The van der Waals surface area contributed by atoms with Crippen LogP contribution < -0.4 is 16.9 Å². The molecular weight excluding hydrogens is 820 g/mol. The van der Waals surface area contributed by atoms with Gasteiger partial charge in [-0.3, -0.25) is 0 Å². The van der Waals surface area contributed by atoms with Gasteiger partial charge in [0.1, 0.15) is 39.7 Å². The van der Waals surface area contributed by atoms with E-state index in [9.17, 15) is 14.4 Å². The molecule has 1 radical (unpaired) electrons. The summed E-state index contributed by atoms with van der Waals surface area (Å²) in [4.78, 5) is 33.2. The number of hydrogen-bond donors (Lipinski definition) is 3. The Labute approximate surface area is 347 Å². The van der Waals surface area contributed by atoms with Gasteiger partial charge in [0, 0.05) is 23.0 Å². The summed E-state index contributed by atoms with van der Waals surface area (Å²) in [5.74, 6) is 1.19. The molecule has 5 aromatic rings. The number of carbonyl (C=O) groups is 3. The van der Waals surface area contributed by atoms with E-state index in [1.165, 1.54) is 27.6 Å². The SMILES string of the molecule is CC1(C)OB(c2ccc(N)cc2)OC1(C)C.COC(=O)c1cc(-c2ccc(N)cc2)oc1C.COC(=O)c1cc(Br)oc1C.COC(=O)c1ccoc1C.[B]=NS. The van der Waals surface area contributed by atoms with E-state index in [0.29, 0.717) is 50.1 Å². The van der Waals surface area contributed by atoms with Gasteiger partial charge in [0.25, 0.3) is 0 Å². The van der Waals surface area contributed by atoms with Gasteiger partial charge in [-0.15, -0.1) is 0 Å². The van der Waals surface area contributed by atoms with Gasteiger partial charge in [-0.1, -0.05) is 12.1 Å². The first-order valence-corrected chi connectivity index (χ1v) is 18.2. The zero-order valence-corrected chi connectivity index (χ0v) is 36.0. The van der Waals surface area contributed by atoms with Gasteiger partial charge in [0.2, 0.25) is 0 Å². The first kappa shape index (κ1) is 48.1. The third kappa shape index (κ3) is 13.8. The van der Waals surface area contributed by atoms with Gasteiger partial charge in [-0.05, 0) is 118 Å². The Hall–Kier alpha value is -5.03. The number of halogens is 1. The number of nitrogens with two attached hydrogens (primary N) is 2. The number of furan rings is 3. The standard InChI is InChI=1S/C13H13NO3.C12H18BNO2.C7H7BrO3.C7H8O3.BHNS/c1-8-11(13(15)16-2)7-12(17-8)9-3-5-10(14)6-4-9;1-11(2)12(3,4)16-13(15-11)9-5-7-10(14)8-6-9;1-4-5(7(9)10-2)3-6(8)11-4;1-5-6(3-4-10-5)7(8)9-2;1-2-3/h3-7H,14H2,1-2H3;5-8H,14H2,1-4H3;3H,1-2H3;3-4H,1-2H3;3H. The van der Waals surface area contributed by atoms with Crippen LogP contribution in [0.25, 0.3) is 11.3 Å². The van der Waals surface area contributed by atoms with Crippen LogP contribution in [0.1, 0.15) is 76.0 Å². The van der Waals surface area contributed by atoms with E-state index in [1.807, 2.05) is 64.1 Å². The number of hydrogen-bond acceptors (Lipinski definition) is 15. The Bertz CT molecular complexity index is 2060. The molecule has 0 saturated carbocycles. The van der Waals surface area contributed by atoms with Crippen molar-refractivity contribution in [2.45, 2.75) is 59.7 Å². The van der Waals surface area contributed by atoms with E-state index in [2.05, 4.69) is 54.9 Å². The summed E-state index contributed by atoms with van der Waals surface area (Å²) in [5.41, 5.74) is 15.4. The third-order valence-electron chi connectivity index (χ3n) is 8.54. The summed E-state index contributed by atoms with van der Waals surface area (Å²) in [6.07, 6.45) is 1.46. The van der Waals surface area contributed by atoms with Gasteiger partial charge in [-0.25, -0.2) is 14.4 Å². The van der Waals surface area contributed by atoms with Gasteiger partial charge in [0.05, 0.1) is 38.8 Å². The fourth-order valence-electron chi connectivity index (χ4n) is 4.68. The zero-order valence-electron chi connectivity index (χ0n) is 33.5. The molecule has 14 nitrogen and oxygen atoms in total. The molecule has 1 fully saturated rings. The number of thiol groups is 1. The van der Waals surface area contributed by atoms with E-state index in [1.54, 1.807) is 51.1 Å². The molecular formula is C39H47B2BrN3O11S. The molecule has 0 amide bonds. The number of rotatable bonds is 5. The summed E-state index contributed by atoms with van der Waals surface area (Å²) in [6, 6.07) is 19.7. The van der Waals surface area contributed by atoms with E-state index in [0.717, 1.165) is 16.7 Å². The normalized spacial score (nSPS) is 13.1. The second-order valence-electron chi connectivity index (χ2n) is 13.0. The predicted octanol–water partition coefficient (Wildman–Crippen LogP) is 7.89. The minimum absolute atomic E-state index is 0.293. The second-order valence-corrected chi connectivity index (χ2v) is 14.0. The maximum absolute atomic E-state index is 11.4. The van der Waals surface area contributed by atoms with Crippen LogP contribution in [0.3, 0.4) is 0 Å². The number of ether oxygens (including phenoxy) is 3. The van der Waals surface area contributed by atoms with Crippen LogP contribution in [0.4, 0.5) is 11.4 Å². The molecule has 2 aromatic carbocycles. The summed E-state index contributed by atoms with van der Waals surface area (Å²) >= 11 is 6.30. The average Bonchev–Trinajstić information content (AvgIpc) is 3.92. The van der Waals surface area contributed by atoms with Gasteiger partial charge in [0.15, 0.2) is 4.67 Å². The molecule has 57 heavy (non-hydrogen) atoms. The Morgan fingerprint density at radius 2 is 1.12 bits per heavy atom. The van der Waals surface area contributed by atoms with Crippen LogP contribution in [0.5, 0.6) is 0 Å². The summed E-state index contributed by atoms with van der Waals surface area (Å²) in [7, 11) is 8.06. The quantitative estimate of drug-likeness (QED) is 0.0507. The summed E-state index contributed by atoms with van der Waals surface area (Å²) in [6.45, 7) is 13.3. The summed E-state index contributed by atoms with van der Waals surface area (Å²) < 4.78 is 44.2. The molecule has 0 unspecified atom stereocenters. The number of nitrogens with zero attached hydrogens (tertiary/aromatic N) is 1. The van der Waals surface area contributed by atoms with Crippen molar-refractivity contribution >= 4 is 78.2 Å². The van der Waals surface area contributed by atoms with E-state index in [4.69, 9.17) is 34.0 Å².